The second kappa shape index (κ2) is 23.7. The van der Waals surface area contributed by atoms with Crippen LogP contribution in [0.1, 0.15) is 117 Å². The Morgan fingerprint density at radius 1 is 0.750 bits per heavy atom. The van der Waals surface area contributed by atoms with Gasteiger partial charge in [0, 0.05) is 26.4 Å². The van der Waals surface area contributed by atoms with Crippen molar-refractivity contribution in [3.63, 3.8) is 0 Å². The van der Waals surface area contributed by atoms with Crippen molar-refractivity contribution in [3.05, 3.63) is 0 Å². The maximum Gasteiger partial charge on any atom is 0.302 e. The first-order valence-corrected chi connectivity index (χ1v) is 16.1. The van der Waals surface area contributed by atoms with E-state index in [1.807, 2.05) is 0 Å². The van der Waals surface area contributed by atoms with Gasteiger partial charge in [0.1, 0.15) is 6.10 Å². The SMILES string of the molecule is CCCCCCCCCCCCCCCCOCC(CCS(=O)(=O)CCC[N+](C)(C)C)OC(C)=O.[Cl-]. The van der Waals surface area contributed by atoms with Gasteiger partial charge in [0.05, 0.1) is 45.8 Å². The third-order valence-corrected chi connectivity index (χ3v) is 8.08. The van der Waals surface area contributed by atoms with Crippen molar-refractivity contribution in [2.45, 2.75) is 123 Å². The Kier molecular flexibility index (Phi) is 24.9. The minimum Gasteiger partial charge on any atom is -1.00 e. The number of hydrogen-bond acceptors (Lipinski definition) is 5. The van der Waals surface area contributed by atoms with E-state index in [0.29, 0.717) is 19.4 Å². The lowest BCUT2D eigenvalue weighted by Gasteiger charge is -2.23. The Morgan fingerprint density at radius 3 is 1.67 bits per heavy atom. The van der Waals surface area contributed by atoms with E-state index >= 15 is 0 Å². The molecule has 6 nitrogen and oxygen atoms in total. The molecule has 0 aromatic carbocycles. The van der Waals surface area contributed by atoms with Crippen LogP contribution in [0.4, 0.5) is 0 Å². The molecule has 1 unspecified atom stereocenters. The van der Waals surface area contributed by atoms with E-state index in [2.05, 4.69) is 28.1 Å². The first-order chi connectivity index (χ1) is 16.6. The smallest absolute Gasteiger partial charge is 0.302 e. The Labute approximate surface area is 230 Å². The maximum absolute atomic E-state index is 12.3. The Balaban J connectivity index is 0. The zero-order valence-corrected chi connectivity index (χ0v) is 25.8. The predicted molar refractivity (Wildman–Crippen MR) is 147 cm³/mol. The number of carbonyl (C=O) groups is 1. The van der Waals surface area contributed by atoms with Gasteiger partial charge in [0.25, 0.3) is 0 Å². The number of ether oxygens (including phenoxy) is 2. The van der Waals surface area contributed by atoms with Crippen LogP contribution >= 0.6 is 0 Å². The number of rotatable bonds is 25. The van der Waals surface area contributed by atoms with Crippen molar-refractivity contribution in [1.29, 1.82) is 0 Å². The number of quaternary nitrogens is 1. The molecule has 1 atom stereocenters. The Hall–Kier alpha value is -0.370. The van der Waals surface area contributed by atoms with Gasteiger partial charge >= 0.3 is 5.97 Å². The van der Waals surface area contributed by atoms with Crippen LogP contribution in [0.3, 0.4) is 0 Å². The number of nitrogens with zero attached hydrogens (tertiary/aromatic N) is 1. The highest BCUT2D eigenvalue weighted by molar-refractivity contribution is 7.91. The van der Waals surface area contributed by atoms with Gasteiger partial charge in [-0.1, -0.05) is 90.4 Å². The van der Waals surface area contributed by atoms with Gasteiger partial charge in [0.2, 0.25) is 0 Å². The average molecular weight is 556 g/mol. The number of esters is 1. The van der Waals surface area contributed by atoms with Crippen LogP contribution in [0, 0.1) is 0 Å². The quantitative estimate of drug-likeness (QED) is 0.0981. The highest BCUT2D eigenvalue weighted by Gasteiger charge is 2.19. The highest BCUT2D eigenvalue weighted by Crippen LogP contribution is 2.13. The monoisotopic (exact) mass is 555 g/mol. The zero-order valence-electron chi connectivity index (χ0n) is 24.2. The summed E-state index contributed by atoms with van der Waals surface area (Å²) in [5.41, 5.74) is 0. The fraction of sp³-hybridized carbons (Fsp3) is 0.964. The van der Waals surface area contributed by atoms with Gasteiger partial charge in [-0.15, -0.1) is 0 Å². The van der Waals surface area contributed by atoms with Crippen LogP contribution in [0.25, 0.3) is 0 Å². The standard InChI is InChI=1S/C28H58NO5S.ClH/c1-6-7-8-9-10-11-12-13-14-15-16-17-18-19-23-33-26-28(34-27(2)30)21-25-35(31,32)24-20-22-29(3,4)5;/h28H,6-26H2,1-5H3;1H/q+1;/p-1. The second-order valence-electron chi connectivity index (χ2n) is 11.2. The summed E-state index contributed by atoms with van der Waals surface area (Å²) in [6.45, 7) is 5.34. The van der Waals surface area contributed by atoms with Crippen LogP contribution in [0.2, 0.25) is 0 Å². The van der Waals surface area contributed by atoms with Crippen LogP contribution in [0.5, 0.6) is 0 Å². The lowest BCUT2D eigenvalue weighted by molar-refractivity contribution is -0.870. The van der Waals surface area contributed by atoms with Crippen molar-refractivity contribution in [3.8, 4) is 0 Å². The molecule has 0 rings (SSSR count). The molecule has 0 spiro atoms. The van der Waals surface area contributed by atoms with E-state index in [1.54, 1.807) is 0 Å². The molecule has 0 radical (unpaired) electrons. The van der Waals surface area contributed by atoms with E-state index < -0.39 is 21.9 Å². The van der Waals surface area contributed by atoms with E-state index in [0.717, 1.165) is 23.9 Å². The summed E-state index contributed by atoms with van der Waals surface area (Å²) in [6, 6.07) is 0. The van der Waals surface area contributed by atoms with Gasteiger partial charge in [0.15, 0.2) is 9.84 Å². The average Bonchev–Trinajstić information content (AvgIpc) is 2.75. The zero-order chi connectivity index (χ0) is 26.4. The molecule has 0 aliphatic rings. The normalized spacial score (nSPS) is 12.8. The molecule has 0 aliphatic carbocycles. The molecule has 8 heteroatoms. The predicted octanol–water partition coefficient (Wildman–Crippen LogP) is 3.32. The number of sulfone groups is 1. The van der Waals surface area contributed by atoms with Crippen LogP contribution in [0.15, 0.2) is 0 Å². The van der Waals surface area contributed by atoms with Crippen molar-refractivity contribution in [1.82, 2.24) is 0 Å². The van der Waals surface area contributed by atoms with Crippen LogP contribution < -0.4 is 12.4 Å². The van der Waals surface area contributed by atoms with E-state index in [9.17, 15) is 13.2 Å². The molecule has 0 heterocycles. The number of unbranched alkanes of at least 4 members (excludes halogenated alkanes) is 13. The summed E-state index contributed by atoms with van der Waals surface area (Å²) in [5, 5.41) is 0. The van der Waals surface area contributed by atoms with Gasteiger partial charge in [-0.2, -0.15) is 0 Å². The third kappa shape index (κ3) is 28.2. The number of hydrogen-bond donors (Lipinski definition) is 0. The molecule has 0 saturated heterocycles. The van der Waals surface area contributed by atoms with Crippen molar-refractivity contribution < 1.29 is 39.6 Å². The lowest BCUT2D eigenvalue weighted by atomic mass is 10.0. The number of carbonyl (C=O) groups excluding carboxylic acids is 1. The van der Waals surface area contributed by atoms with Crippen molar-refractivity contribution in [2.75, 3.05) is 52.4 Å². The summed E-state index contributed by atoms with van der Waals surface area (Å²) in [7, 11) is 3.01. The number of halogens is 1. The minimum absolute atomic E-state index is 0. The maximum atomic E-state index is 12.3. The fourth-order valence-corrected chi connectivity index (χ4v) is 5.59. The summed E-state index contributed by atoms with van der Waals surface area (Å²) in [6.07, 6.45) is 18.9. The lowest BCUT2D eigenvalue weighted by Crippen LogP contribution is -3.00. The molecule has 0 N–H and O–H groups in total. The van der Waals surface area contributed by atoms with E-state index in [1.165, 1.54) is 84.0 Å². The van der Waals surface area contributed by atoms with E-state index in [-0.39, 0.29) is 30.5 Å². The minimum atomic E-state index is -3.15. The topological polar surface area (TPSA) is 69.7 Å². The van der Waals surface area contributed by atoms with Crippen LogP contribution in [-0.4, -0.2) is 77.4 Å². The molecule has 0 bridgehead atoms. The van der Waals surface area contributed by atoms with Crippen LogP contribution in [-0.2, 0) is 24.1 Å². The molecule has 0 aliphatic heterocycles. The molecule has 0 aromatic heterocycles. The largest absolute Gasteiger partial charge is 1.00 e. The molecule has 36 heavy (non-hydrogen) atoms. The van der Waals surface area contributed by atoms with Crippen molar-refractivity contribution >= 4 is 15.8 Å². The molecule has 0 saturated carbocycles. The first-order valence-electron chi connectivity index (χ1n) is 14.3. The Bertz CT molecular complexity index is 608. The molecule has 218 valence electrons. The summed E-state index contributed by atoms with van der Waals surface area (Å²) in [5.74, 6) is -0.183. The third-order valence-electron chi connectivity index (χ3n) is 6.31. The van der Waals surface area contributed by atoms with Gasteiger partial charge in [-0.3, -0.25) is 4.79 Å². The first kappa shape index (κ1) is 37.8. The molecule has 0 fully saturated rings. The Morgan fingerprint density at radius 2 is 1.22 bits per heavy atom. The fourth-order valence-electron chi connectivity index (χ4n) is 4.20. The highest BCUT2D eigenvalue weighted by atomic mass is 35.5. The van der Waals surface area contributed by atoms with Gasteiger partial charge < -0.3 is 26.4 Å². The van der Waals surface area contributed by atoms with Gasteiger partial charge in [-0.05, 0) is 6.42 Å². The summed E-state index contributed by atoms with van der Waals surface area (Å²) >= 11 is 0. The second-order valence-corrected chi connectivity index (χ2v) is 13.5. The summed E-state index contributed by atoms with van der Waals surface area (Å²) < 4.78 is 36.4. The summed E-state index contributed by atoms with van der Waals surface area (Å²) in [4.78, 5) is 11.4. The van der Waals surface area contributed by atoms with Gasteiger partial charge in [-0.25, -0.2) is 8.42 Å². The molecule has 0 amide bonds. The molecular formula is C28H58ClNO5S. The van der Waals surface area contributed by atoms with Crippen molar-refractivity contribution in [2.24, 2.45) is 0 Å². The molecular weight excluding hydrogens is 498 g/mol. The molecule has 0 aromatic rings. The van der Waals surface area contributed by atoms with E-state index in [4.69, 9.17) is 9.47 Å².